The third-order valence-corrected chi connectivity index (χ3v) is 3.99. The topological polar surface area (TPSA) is 81.6 Å². The number of methoxy groups -OCH3 is 1. The van der Waals surface area contributed by atoms with Crippen molar-refractivity contribution in [2.75, 3.05) is 25.1 Å². The van der Waals surface area contributed by atoms with Gasteiger partial charge in [-0.25, -0.2) is 4.39 Å². The summed E-state index contributed by atoms with van der Waals surface area (Å²) in [7, 11) is 1.34. The van der Waals surface area contributed by atoms with Gasteiger partial charge in [0.15, 0.2) is 11.6 Å². The minimum atomic E-state index is -0.646. The van der Waals surface area contributed by atoms with Crippen LogP contribution in [0.15, 0.2) is 12.1 Å². The van der Waals surface area contributed by atoms with Crippen LogP contribution in [0.1, 0.15) is 19.8 Å². The second-order valence-electron chi connectivity index (χ2n) is 5.44. The Bertz CT molecular complexity index is 536. The molecular formula is C14H20FN3O3. The Morgan fingerprint density at radius 3 is 2.86 bits per heavy atom. The van der Waals surface area contributed by atoms with Crippen molar-refractivity contribution in [3.8, 4) is 5.75 Å². The van der Waals surface area contributed by atoms with Gasteiger partial charge in [-0.05, 0) is 25.7 Å². The lowest BCUT2D eigenvalue weighted by Crippen LogP contribution is -2.42. The summed E-state index contributed by atoms with van der Waals surface area (Å²) in [5.74, 6) is -0.244. The van der Waals surface area contributed by atoms with Gasteiger partial charge in [-0.2, -0.15) is 0 Å². The summed E-state index contributed by atoms with van der Waals surface area (Å²) in [6, 6.07) is 2.36. The summed E-state index contributed by atoms with van der Waals surface area (Å²) in [4.78, 5) is 12.1. The van der Waals surface area contributed by atoms with E-state index in [0.717, 1.165) is 18.9 Å². The fourth-order valence-electron chi connectivity index (χ4n) is 2.74. The largest absolute Gasteiger partial charge is 0.490 e. The van der Waals surface area contributed by atoms with Crippen molar-refractivity contribution in [2.24, 2.45) is 11.7 Å². The lowest BCUT2D eigenvalue weighted by molar-refractivity contribution is -0.385. The van der Waals surface area contributed by atoms with Gasteiger partial charge in [0.1, 0.15) is 0 Å². The number of hydrogen-bond acceptors (Lipinski definition) is 5. The summed E-state index contributed by atoms with van der Waals surface area (Å²) in [5.41, 5.74) is 5.91. The highest BCUT2D eigenvalue weighted by Gasteiger charge is 2.27. The number of halogens is 1. The maximum Gasteiger partial charge on any atom is 0.313 e. The van der Waals surface area contributed by atoms with Crippen molar-refractivity contribution >= 4 is 11.4 Å². The van der Waals surface area contributed by atoms with Crippen molar-refractivity contribution in [2.45, 2.75) is 25.8 Å². The molecule has 1 aromatic carbocycles. The number of anilines is 1. The zero-order valence-electron chi connectivity index (χ0n) is 12.2. The Morgan fingerprint density at radius 1 is 1.57 bits per heavy atom. The van der Waals surface area contributed by atoms with Gasteiger partial charge in [-0.3, -0.25) is 10.1 Å². The van der Waals surface area contributed by atoms with Crippen LogP contribution in [0.25, 0.3) is 0 Å². The second-order valence-corrected chi connectivity index (χ2v) is 5.44. The molecular weight excluding hydrogens is 277 g/mol. The van der Waals surface area contributed by atoms with Crippen LogP contribution in [-0.2, 0) is 0 Å². The quantitative estimate of drug-likeness (QED) is 0.681. The van der Waals surface area contributed by atoms with Crippen LogP contribution in [0.3, 0.4) is 0 Å². The van der Waals surface area contributed by atoms with E-state index in [4.69, 9.17) is 10.5 Å². The van der Waals surface area contributed by atoms with E-state index in [1.165, 1.54) is 13.2 Å². The highest BCUT2D eigenvalue weighted by molar-refractivity contribution is 5.60. The second kappa shape index (κ2) is 6.26. The lowest BCUT2D eigenvalue weighted by Gasteiger charge is -2.36. The Labute approximate surface area is 122 Å². The molecule has 0 spiro atoms. The predicted octanol–water partition coefficient (Wildman–Crippen LogP) is 2.31. The number of nitrogens with zero attached hydrogens (tertiary/aromatic N) is 2. The standard InChI is InChI=1S/C14H20FN3O3/c1-9(16)10-4-3-5-17(8-10)12-7-14(21-2)13(18(19)20)6-11(12)15/h6-7,9-10H,3-5,8,16H2,1-2H3. The van der Waals surface area contributed by atoms with E-state index < -0.39 is 10.7 Å². The molecule has 1 saturated heterocycles. The summed E-state index contributed by atoms with van der Waals surface area (Å²) >= 11 is 0. The Hall–Kier alpha value is -1.89. The molecule has 1 heterocycles. The van der Waals surface area contributed by atoms with Crippen molar-refractivity contribution in [3.05, 3.63) is 28.1 Å². The van der Waals surface area contributed by atoms with Crippen molar-refractivity contribution in [1.82, 2.24) is 0 Å². The first-order chi connectivity index (χ1) is 9.93. The molecule has 116 valence electrons. The highest BCUT2D eigenvalue weighted by atomic mass is 19.1. The van der Waals surface area contributed by atoms with Crippen LogP contribution < -0.4 is 15.4 Å². The van der Waals surface area contributed by atoms with Gasteiger partial charge in [0.25, 0.3) is 0 Å². The normalized spacial score (nSPS) is 20.2. The number of ether oxygens (including phenoxy) is 1. The Morgan fingerprint density at radius 2 is 2.29 bits per heavy atom. The molecule has 0 saturated carbocycles. The average molecular weight is 297 g/mol. The van der Waals surface area contributed by atoms with Crippen molar-refractivity contribution < 1.29 is 14.1 Å². The smallest absolute Gasteiger partial charge is 0.313 e. The van der Waals surface area contributed by atoms with E-state index in [2.05, 4.69) is 0 Å². The fourth-order valence-corrected chi connectivity index (χ4v) is 2.74. The molecule has 0 radical (unpaired) electrons. The third kappa shape index (κ3) is 3.24. The first kappa shape index (κ1) is 15.5. The lowest BCUT2D eigenvalue weighted by atomic mass is 9.92. The van der Waals surface area contributed by atoms with Gasteiger partial charge in [0.2, 0.25) is 0 Å². The van der Waals surface area contributed by atoms with E-state index in [9.17, 15) is 14.5 Å². The average Bonchev–Trinajstić information content (AvgIpc) is 2.46. The maximum atomic E-state index is 14.2. The number of nitro benzene ring substituents is 1. The number of piperidine rings is 1. The first-order valence-electron chi connectivity index (χ1n) is 6.96. The molecule has 0 amide bonds. The number of nitro groups is 1. The number of nitrogens with two attached hydrogens (primary N) is 1. The van der Waals surface area contributed by atoms with Crippen LogP contribution in [0.4, 0.5) is 15.8 Å². The summed E-state index contributed by atoms with van der Waals surface area (Å²) in [6.45, 7) is 3.30. The van der Waals surface area contributed by atoms with Crippen LogP contribution in [-0.4, -0.2) is 31.2 Å². The zero-order valence-corrected chi connectivity index (χ0v) is 12.2. The molecule has 1 fully saturated rings. The van der Waals surface area contributed by atoms with E-state index in [-0.39, 0.29) is 17.5 Å². The molecule has 21 heavy (non-hydrogen) atoms. The van der Waals surface area contributed by atoms with Crippen LogP contribution in [0.2, 0.25) is 0 Å². The number of hydrogen-bond donors (Lipinski definition) is 1. The molecule has 0 aromatic heterocycles. The van der Waals surface area contributed by atoms with E-state index in [0.29, 0.717) is 24.7 Å². The predicted molar refractivity (Wildman–Crippen MR) is 78.2 cm³/mol. The van der Waals surface area contributed by atoms with E-state index >= 15 is 0 Å². The van der Waals surface area contributed by atoms with E-state index in [1.54, 1.807) is 0 Å². The van der Waals surface area contributed by atoms with Gasteiger partial charge in [-0.15, -0.1) is 0 Å². The number of rotatable bonds is 4. The Balaban J connectivity index is 2.33. The van der Waals surface area contributed by atoms with Gasteiger partial charge in [0.05, 0.1) is 23.8 Å². The summed E-state index contributed by atoms with van der Waals surface area (Å²) < 4.78 is 19.2. The van der Waals surface area contributed by atoms with Gasteiger partial charge in [-0.1, -0.05) is 0 Å². The molecule has 2 unspecified atom stereocenters. The molecule has 2 atom stereocenters. The van der Waals surface area contributed by atoms with Gasteiger partial charge < -0.3 is 15.4 Å². The van der Waals surface area contributed by atoms with Gasteiger partial charge >= 0.3 is 5.69 Å². The first-order valence-corrected chi connectivity index (χ1v) is 6.96. The van der Waals surface area contributed by atoms with Crippen molar-refractivity contribution in [1.29, 1.82) is 0 Å². The molecule has 1 aromatic rings. The molecule has 1 aliphatic rings. The fraction of sp³-hybridized carbons (Fsp3) is 0.571. The summed E-state index contributed by atoms with van der Waals surface area (Å²) in [5, 5.41) is 10.9. The molecule has 0 aliphatic carbocycles. The maximum absolute atomic E-state index is 14.2. The third-order valence-electron chi connectivity index (χ3n) is 3.99. The van der Waals surface area contributed by atoms with E-state index in [1.807, 2.05) is 11.8 Å². The molecule has 7 heteroatoms. The molecule has 0 bridgehead atoms. The highest BCUT2D eigenvalue weighted by Crippen LogP contribution is 2.35. The molecule has 1 aliphatic heterocycles. The molecule has 6 nitrogen and oxygen atoms in total. The van der Waals surface area contributed by atoms with Crippen molar-refractivity contribution in [3.63, 3.8) is 0 Å². The monoisotopic (exact) mass is 297 g/mol. The Kier molecular flexibility index (Phi) is 4.62. The SMILES string of the molecule is COc1cc(N2CCCC(C(C)N)C2)c(F)cc1[N+](=O)[O-]. The van der Waals surface area contributed by atoms with Crippen LogP contribution in [0.5, 0.6) is 5.75 Å². The molecule has 2 rings (SSSR count). The minimum Gasteiger partial charge on any atom is -0.490 e. The van der Waals surface area contributed by atoms with Crippen LogP contribution >= 0.6 is 0 Å². The summed E-state index contributed by atoms with van der Waals surface area (Å²) in [6.07, 6.45) is 1.94. The van der Waals surface area contributed by atoms with Crippen LogP contribution in [0, 0.1) is 21.8 Å². The minimum absolute atomic E-state index is 0.0378. The zero-order chi connectivity index (χ0) is 15.6. The van der Waals surface area contributed by atoms with Gasteiger partial charge in [0, 0.05) is 25.2 Å². The number of benzene rings is 1. The molecule has 2 N–H and O–H groups in total.